The number of halogens is 1. The number of nitrogens with two attached hydrogens (primary N) is 1. The molecular formula is C29H36ClN2O2S+. The highest BCUT2D eigenvalue weighted by molar-refractivity contribution is 7.12. The largest absolute Gasteiger partial charge is 0.366 e. The molecule has 1 unspecified atom stereocenters. The number of benzene rings is 1. The Kier molecular flexibility index (Phi) is 5.89. The molecule has 7 rings (SSSR count). The number of primary amides is 1. The first-order valence-electron chi connectivity index (χ1n) is 13.2. The first kappa shape index (κ1) is 23.7. The highest BCUT2D eigenvalue weighted by Gasteiger charge is 2.54. The number of quaternary nitrogens is 1. The fraction of sp³-hybridized carbons (Fsp3) is 0.586. The third kappa shape index (κ3) is 4.60. The molecule has 1 aromatic heterocycles. The molecule has 2 heterocycles. The van der Waals surface area contributed by atoms with E-state index in [1.165, 1.54) is 49.9 Å². The van der Waals surface area contributed by atoms with Crippen LogP contribution in [0.5, 0.6) is 0 Å². The highest BCUT2D eigenvalue weighted by Crippen LogP contribution is 2.60. The Bertz CT molecular complexity index is 1130. The standard InChI is InChI=1S/C29H35ClN2O2S/c1-32(17-29-13-19-8-20(14-29)10-21(9-19)15-29)7-6-24-26(16-32)35-25(27(24)28(31)34)12-23(33)11-18-2-4-22(30)5-3-18/h2-5,19-21H,6-17H2,1H3,(H-,31,34)/p+1. The van der Waals surface area contributed by atoms with Crippen molar-refractivity contribution >= 4 is 34.6 Å². The number of carbonyl (C=O) groups excluding carboxylic acids is 2. The normalized spacial score (nSPS) is 33.0. The molecule has 186 valence electrons. The van der Waals surface area contributed by atoms with Gasteiger partial charge in [-0.05, 0) is 79.5 Å². The van der Waals surface area contributed by atoms with Gasteiger partial charge >= 0.3 is 0 Å². The smallest absolute Gasteiger partial charge is 0.250 e. The minimum absolute atomic E-state index is 0.110. The molecule has 4 saturated carbocycles. The van der Waals surface area contributed by atoms with Crippen molar-refractivity contribution in [3.63, 3.8) is 0 Å². The summed E-state index contributed by atoms with van der Waals surface area (Å²) >= 11 is 7.65. The molecule has 2 aromatic rings. The van der Waals surface area contributed by atoms with Gasteiger partial charge in [0.25, 0.3) is 0 Å². The lowest BCUT2D eigenvalue weighted by Crippen LogP contribution is -2.58. The van der Waals surface area contributed by atoms with E-state index in [1.807, 2.05) is 24.3 Å². The Labute approximate surface area is 217 Å². The Hall–Kier alpha value is -1.69. The van der Waals surface area contributed by atoms with E-state index in [4.69, 9.17) is 17.3 Å². The number of amides is 1. The molecule has 4 aliphatic carbocycles. The van der Waals surface area contributed by atoms with E-state index in [2.05, 4.69) is 7.05 Å². The van der Waals surface area contributed by atoms with Crippen LogP contribution in [-0.2, 0) is 30.6 Å². The number of hydrogen-bond acceptors (Lipinski definition) is 3. The average Bonchev–Trinajstić information content (AvgIpc) is 3.10. The van der Waals surface area contributed by atoms with Crippen molar-refractivity contribution < 1.29 is 14.1 Å². The van der Waals surface area contributed by atoms with E-state index >= 15 is 0 Å². The number of Topliss-reactive ketones (excluding diaryl/α,β-unsaturated/α-hetero) is 1. The Morgan fingerprint density at radius 2 is 1.69 bits per heavy atom. The van der Waals surface area contributed by atoms with Crippen molar-refractivity contribution in [3.8, 4) is 0 Å². The van der Waals surface area contributed by atoms with Gasteiger partial charge in [-0.1, -0.05) is 23.7 Å². The summed E-state index contributed by atoms with van der Waals surface area (Å²) in [7, 11) is 2.43. The molecule has 4 bridgehead atoms. The van der Waals surface area contributed by atoms with Crippen LogP contribution in [-0.4, -0.2) is 36.3 Å². The number of likely N-dealkylation sites (N-methyl/N-ethyl adjacent to an activating group) is 1. The van der Waals surface area contributed by atoms with Gasteiger partial charge in [0, 0.05) is 34.6 Å². The van der Waals surface area contributed by atoms with Crippen LogP contribution >= 0.6 is 22.9 Å². The third-order valence-corrected chi connectivity index (χ3v) is 10.9. The van der Waals surface area contributed by atoms with Crippen LogP contribution in [0, 0.1) is 23.2 Å². The van der Waals surface area contributed by atoms with Gasteiger partial charge in [-0.25, -0.2) is 0 Å². The van der Waals surface area contributed by atoms with Gasteiger partial charge < -0.3 is 10.2 Å². The Morgan fingerprint density at radius 3 is 2.29 bits per heavy atom. The van der Waals surface area contributed by atoms with Crippen LogP contribution in [0.1, 0.15) is 69.8 Å². The van der Waals surface area contributed by atoms with Gasteiger partial charge in [0.05, 0.1) is 30.6 Å². The van der Waals surface area contributed by atoms with Crippen LogP contribution in [0.3, 0.4) is 0 Å². The molecule has 1 amide bonds. The van der Waals surface area contributed by atoms with Gasteiger partial charge in [0.1, 0.15) is 12.3 Å². The molecule has 1 atom stereocenters. The molecular weight excluding hydrogens is 476 g/mol. The quantitative estimate of drug-likeness (QED) is 0.494. The van der Waals surface area contributed by atoms with Crippen molar-refractivity contribution in [2.24, 2.45) is 28.9 Å². The number of carbonyl (C=O) groups is 2. The molecule has 35 heavy (non-hydrogen) atoms. The van der Waals surface area contributed by atoms with Crippen LogP contribution in [0.2, 0.25) is 5.02 Å². The predicted octanol–water partition coefficient (Wildman–Crippen LogP) is 5.57. The van der Waals surface area contributed by atoms with E-state index in [1.54, 1.807) is 11.3 Å². The molecule has 4 fully saturated rings. The maximum Gasteiger partial charge on any atom is 0.250 e. The number of rotatable bonds is 7. The van der Waals surface area contributed by atoms with Gasteiger partial charge in [-0.15, -0.1) is 11.3 Å². The molecule has 2 N–H and O–H groups in total. The molecule has 6 heteroatoms. The van der Waals surface area contributed by atoms with Crippen molar-refractivity contribution in [2.75, 3.05) is 20.1 Å². The topological polar surface area (TPSA) is 60.2 Å². The molecule has 0 radical (unpaired) electrons. The number of ketones is 1. The van der Waals surface area contributed by atoms with Gasteiger partial charge in [-0.2, -0.15) is 0 Å². The minimum atomic E-state index is -0.381. The van der Waals surface area contributed by atoms with Crippen LogP contribution in [0.25, 0.3) is 0 Å². The summed E-state index contributed by atoms with van der Waals surface area (Å²) in [4.78, 5) is 27.6. The summed E-state index contributed by atoms with van der Waals surface area (Å²) in [6, 6.07) is 7.40. The fourth-order valence-corrected chi connectivity index (χ4v) is 10.4. The lowest BCUT2D eigenvalue weighted by Gasteiger charge is -2.58. The van der Waals surface area contributed by atoms with Crippen molar-refractivity contribution in [1.82, 2.24) is 0 Å². The molecule has 5 aliphatic rings. The van der Waals surface area contributed by atoms with Gasteiger partial charge in [-0.3, -0.25) is 9.59 Å². The van der Waals surface area contributed by atoms with E-state index in [0.29, 0.717) is 22.4 Å². The van der Waals surface area contributed by atoms with E-state index in [-0.39, 0.29) is 18.1 Å². The summed E-state index contributed by atoms with van der Waals surface area (Å²) in [6.07, 6.45) is 10.2. The molecule has 4 nitrogen and oxygen atoms in total. The lowest BCUT2D eigenvalue weighted by molar-refractivity contribution is -0.931. The third-order valence-electron chi connectivity index (χ3n) is 9.39. The lowest BCUT2D eigenvalue weighted by atomic mass is 9.49. The zero-order chi connectivity index (χ0) is 24.4. The maximum atomic E-state index is 12.9. The number of thiophene rings is 1. The summed E-state index contributed by atoms with van der Waals surface area (Å²) < 4.78 is 1.07. The fourth-order valence-electron chi connectivity index (χ4n) is 8.68. The molecule has 1 aliphatic heterocycles. The van der Waals surface area contributed by atoms with Gasteiger partial charge in [0.15, 0.2) is 0 Å². The maximum absolute atomic E-state index is 12.9. The van der Waals surface area contributed by atoms with Crippen LogP contribution < -0.4 is 5.73 Å². The van der Waals surface area contributed by atoms with E-state index in [0.717, 1.165) is 57.8 Å². The van der Waals surface area contributed by atoms with Crippen molar-refractivity contribution in [1.29, 1.82) is 0 Å². The summed E-state index contributed by atoms with van der Waals surface area (Å²) in [5.74, 6) is 2.63. The van der Waals surface area contributed by atoms with E-state index < -0.39 is 0 Å². The second-order valence-corrected chi connectivity index (χ2v) is 14.1. The number of fused-ring (bicyclic) bond motifs is 1. The molecule has 0 saturated heterocycles. The number of nitrogens with zero attached hydrogens (tertiary/aromatic N) is 1. The van der Waals surface area contributed by atoms with Crippen LogP contribution in [0.4, 0.5) is 0 Å². The summed E-state index contributed by atoms with van der Waals surface area (Å²) in [5, 5.41) is 0.665. The summed E-state index contributed by atoms with van der Waals surface area (Å²) in [6.45, 7) is 3.29. The monoisotopic (exact) mass is 511 g/mol. The molecule has 1 aromatic carbocycles. The van der Waals surface area contributed by atoms with Crippen LogP contribution in [0.15, 0.2) is 24.3 Å². The Balaban J connectivity index is 1.20. The Morgan fingerprint density at radius 1 is 1.06 bits per heavy atom. The van der Waals surface area contributed by atoms with Crippen molar-refractivity contribution in [3.05, 3.63) is 55.7 Å². The average molecular weight is 512 g/mol. The van der Waals surface area contributed by atoms with Gasteiger partial charge in [0.2, 0.25) is 5.91 Å². The minimum Gasteiger partial charge on any atom is -0.366 e. The highest BCUT2D eigenvalue weighted by atomic mass is 35.5. The second-order valence-electron chi connectivity index (χ2n) is 12.5. The predicted molar refractivity (Wildman–Crippen MR) is 141 cm³/mol. The first-order chi connectivity index (χ1) is 16.7. The van der Waals surface area contributed by atoms with E-state index in [9.17, 15) is 9.59 Å². The zero-order valence-corrected chi connectivity index (χ0v) is 22.2. The SMILES string of the molecule is C[N+]1(CC23CC4CC(CC(C4)C2)C3)CCc2c(sc(CC(=O)Cc3ccc(Cl)cc3)c2C(N)=O)C1. The first-order valence-corrected chi connectivity index (χ1v) is 14.4. The summed E-state index contributed by atoms with van der Waals surface area (Å²) in [5.41, 5.74) is 9.10. The second kappa shape index (κ2) is 8.71. The van der Waals surface area contributed by atoms with Crippen molar-refractivity contribution in [2.45, 2.75) is 64.3 Å². The zero-order valence-electron chi connectivity index (χ0n) is 20.7. The number of hydrogen-bond donors (Lipinski definition) is 1. The molecule has 0 spiro atoms.